The summed E-state index contributed by atoms with van der Waals surface area (Å²) in [4.78, 5) is 39.9. The van der Waals surface area contributed by atoms with Crippen molar-refractivity contribution in [3.05, 3.63) is 29.3 Å². The van der Waals surface area contributed by atoms with Crippen LogP contribution in [0.25, 0.3) is 0 Å². The largest absolute Gasteiger partial charge is 0.492 e. The molecule has 2 saturated heterocycles. The summed E-state index contributed by atoms with van der Waals surface area (Å²) in [5, 5.41) is 2.58. The SMILES string of the molecule is O=C1NCC(=O)N2CCN(C(=O)c3cccc4c3OCC4)CC12. The van der Waals surface area contributed by atoms with Crippen LogP contribution in [0.5, 0.6) is 5.75 Å². The van der Waals surface area contributed by atoms with Gasteiger partial charge in [0, 0.05) is 19.5 Å². The number of carbonyl (C=O) groups is 3. The lowest BCUT2D eigenvalue weighted by Crippen LogP contribution is -2.66. The molecular weight excluding hydrogens is 298 g/mol. The molecular formula is C16H17N3O4. The number of nitrogens with zero attached hydrogens (tertiary/aromatic N) is 2. The molecule has 0 aliphatic carbocycles. The van der Waals surface area contributed by atoms with Crippen LogP contribution in [0.3, 0.4) is 0 Å². The minimum Gasteiger partial charge on any atom is -0.492 e. The maximum Gasteiger partial charge on any atom is 0.257 e. The van der Waals surface area contributed by atoms with Gasteiger partial charge < -0.3 is 19.9 Å². The molecule has 0 radical (unpaired) electrons. The third-order valence-corrected chi connectivity index (χ3v) is 4.65. The molecule has 3 aliphatic rings. The Balaban J connectivity index is 1.58. The maximum absolute atomic E-state index is 12.8. The van der Waals surface area contributed by atoms with Crippen molar-refractivity contribution >= 4 is 17.7 Å². The van der Waals surface area contributed by atoms with E-state index in [0.717, 1.165) is 12.0 Å². The van der Waals surface area contributed by atoms with Crippen LogP contribution >= 0.6 is 0 Å². The fraction of sp³-hybridized carbons (Fsp3) is 0.438. The highest BCUT2D eigenvalue weighted by Crippen LogP contribution is 2.30. The van der Waals surface area contributed by atoms with Gasteiger partial charge in [-0.15, -0.1) is 0 Å². The fourth-order valence-electron chi connectivity index (χ4n) is 3.43. The zero-order chi connectivity index (χ0) is 16.0. The summed E-state index contributed by atoms with van der Waals surface area (Å²) in [6, 6.07) is 4.98. The molecule has 3 heterocycles. The Kier molecular flexibility index (Phi) is 3.21. The first-order valence-electron chi connectivity index (χ1n) is 7.76. The number of carbonyl (C=O) groups excluding carboxylic acids is 3. The van der Waals surface area contributed by atoms with Gasteiger partial charge in [0.1, 0.15) is 11.8 Å². The van der Waals surface area contributed by atoms with Gasteiger partial charge in [0.2, 0.25) is 11.8 Å². The summed E-state index contributed by atoms with van der Waals surface area (Å²) in [5.74, 6) is 0.223. The van der Waals surface area contributed by atoms with Gasteiger partial charge in [0.25, 0.3) is 5.91 Å². The first-order chi connectivity index (χ1) is 11.1. The Bertz CT molecular complexity index is 703. The van der Waals surface area contributed by atoms with Gasteiger partial charge in [-0.2, -0.15) is 0 Å². The van der Waals surface area contributed by atoms with Crippen molar-refractivity contribution in [1.82, 2.24) is 15.1 Å². The standard InChI is InChI=1S/C16H17N3O4/c20-13-8-17-15(21)12-9-18(5-6-19(12)13)16(22)11-3-1-2-10-4-7-23-14(10)11/h1-3,12H,4-9H2,(H,17,21). The Hall–Kier alpha value is -2.57. The Morgan fingerprint density at radius 2 is 2.13 bits per heavy atom. The predicted molar refractivity (Wildman–Crippen MR) is 80.1 cm³/mol. The van der Waals surface area contributed by atoms with Crippen molar-refractivity contribution in [2.24, 2.45) is 0 Å². The molecule has 23 heavy (non-hydrogen) atoms. The molecule has 120 valence electrons. The Morgan fingerprint density at radius 1 is 1.26 bits per heavy atom. The summed E-state index contributed by atoms with van der Waals surface area (Å²) in [6.07, 6.45) is 0.809. The highest BCUT2D eigenvalue weighted by atomic mass is 16.5. The van der Waals surface area contributed by atoms with Crippen LogP contribution in [0.2, 0.25) is 0 Å². The molecule has 1 N–H and O–H groups in total. The number of ether oxygens (including phenoxy) is 1. The number of para-hydroxylation sites is 1. The van der Waals surface area contributed by atoms with Crippen molar-refractivity contribution in [2.45, 2.75) is 12.5 Å². The van der Waals surface area contributed by atoms with Crippen LogP contribution < -0.4 is 10.1 Å². The molecule has 1 unspecified atom stereocenters. The van der Waals surface area contributed by atoms with E-state index in [-0.39, 0.29) is 30.8 Å². The minimum atomic E-state index is -0.591. The number of benzene rings is 1. The smallest absolute Gasteiger partial charge is 0.257 e. The third-order valence-electron chi connectivity index (χ3n) is 4.65. The minimum absolute atomic E-state index is 0.0450. The summed E-state index contributed by atoms with van der Waals surface area (Å²) in [7, 11) is 0. The number of nitrogens with one attached hydrogen (secondary N) is 1. The molecule has 2 fully saturated rings. The van der Waals surface area contributed by atoms with E-state index in [2.05, 4.69) is 5.32 Å². The van der Waals surface area contributed by atoms with Gasteiger partial charge in [0.05, 0.1) is 25.3 Å². The quantitative estimate of drug-likeness (QED) is 0.751. The van der Waals surface area contributed by atoms with Crippen molar-refractivity contribution in [3.63, 3.8) is 0 Å². The normalized spacial score (nSPS) is 23.0. The van der Waals surface area contributed by atoms with Crippen molar-refractivity contribution in [2.75, 3.05) is 32.8 Å². The van der Waals surface area contributed by atoms with Gasteiger partial charge in [-0.05, 0) is 11.6 Å². The molecule has 1 aromatic rings. The molecule has 4 rings (SSSR count). The number of piperazine rings is 2. The van der Waals surface area contributed by atoms with E-state index in [4.69, 9.17) is 4.74 Å². The zero-order valence-electron chi connectivity index (χ0n) is 12.6. The van der Waals surface area contributed by atoms with E-state index in [1.165, 1.54) is 0 Å². The first kappa shape index (κ1) is 14.0. The molecule has 1 atom stereocenters. The number of hydrogen-bond donors (Lipinski definition) is 1. The van der Waals surface area contributed by atoms with E-state index in [9.17, 15) is 14.4 Å². The van der Waals surface area contributed by atoms with E-state index in [1.54, 1.807) is 15.9 Å². The average Bonchev–Trinajstić information content (AvgIpc) is 3.06. The summed E-state index contributed by atoms with van der Waals surface area (Å²) in [6.45, 7) is 1.67. The van der Waals surface area contributed by atoms with E-state index in [0.29, 0.717) is 31.0 Å². The van der Waals surface area contributed by atoms with Gasteiger partial charge in [-0.25, -0.2) is 0 Å². The van der Waals surface area contributed by atoms with Crippen LogP contribution in [-0.4, -0.2) is 66.3 Å². The fourth-order valence-corrected chi connectivity index (χ4v) is 3.43. The highest BCUT2D eigenvalue weighted by molar-refractivity contribution is 5.99. The molecule has 3 amide bonds. The summed E-state index contributed by atoms with van der Waals surface area (Å²) in [5.41, 5.74) is 1.58. The molecule has 0 saturated carbocycles. The van der Waals surface area contributed by atoms with Crippen LogP contribution in [0.4, 0.5) is 0 Å². The lowest BCUT2D eigenvalue weighted by Gasteiger charge is -2.42. The second kappa shape index (κ2) is 5.26. The van der Waals surface area contributed by atoms with Crippen LogP contribution in [0, 0.1) is 0 Å². The number of amides is 3. The summed E-state index contributed by atoms with van der Waals surface area (Å²) < 4.78 is 5.60. The number of fused-ring (bicyclic) bond motifs is 2. The predicted octanol–water partition coefficient (Wildman–Crippen LogP) is -0.596. The van der Waals surface area contributed by atoms with Gasteiger partial charge >= 0.3 is 0 Å². The van der Waals surface area contributed by atoms with E-state index < -0.39 is 6.04 Å². The Labute approximate surface area is 133 Å². The molecule has 7 heteroatoms. The molecule has 0 aromatic heterocycles. The molecule has 0 spiro atoms. The third kappa shape index (κ3) is 2.23. The van der Waals surface area contributed by atoms with Crippen molar-refractivity contribution in [3.8, 4) is 5.75 Å². The van der Waals surface area contributed by atoms with Crippen molar-refractivity contribution in [1.29, 1.82) is 0 Å². The molecule has 1 aromatic carbocycles. The van der Waals surface area contributed by atoms with Gasteiger partial charge in [0.15, 0.2) is 0 Å². The van der Waals surface area contributed by atoms with Crippen LogP contribution in [-0.2, 0) is 16.0 Å². The molecule has 7 nitrogen and oxygen atoms in total. The lowest BCUT2D eigenvalue weighted by atomic mass is 10.0. The summed E-state index contributed by atoms with van der Waals surface area (Å²) >= 11 is 0. The van der Waals surface area contributed by atoms with Crippen LogP contribution in [0.1, 0.15) is 15.9 Å². The maximum atomic E-state index is 12.8. The zero-order valence-corrected chi connectivity index (χ0v) is 12.6. The second-order valence-corrected chi connectivity index (χ2v) is 5.96. The van der Waals surface area contributed by atoms with Crippen molar-refractivity contribution < 1.29 is 19.1 Å². The second-order valence-electron chi connectivity index (χ2n) is 5.96. The van der Waals surface area contributed by atoms with E-state index >= 15 is 0 Å². The van der Waals surface area contributed by atoms with Gasteiger partial charge in [-0.3, -0.25) is 14.4 Å². The van der Waals surface area contributed by atoms with E-state index in [1.807, 2.05) is 12.1 Å². The lowest BCUT2D eigenvalue weighted by molar-refractivity contribution is -0.148. The highest BCUT2D eigenvalue weighted by Gasteiger charge is 2.40. The van der Waals surface area contributed by atoms with Gasteiger partial charge in [-0.1, -0.05) is 12.1 Å². The Morgan fingerprint density at radius 3 is 3.00 bits per heavy atom. The number of rotatable bonds is 1. The molecule has 3 aliphatic heterocycles. The topological polar surface area (TPSA) is 79.0 Å². The number of hydrogen-bond acceptors (Lipinski definition) is 4. The molecule has 0 bridgehead atoms. The first-order valence-corrected chi connectivity index (χ1v) is 7.76. The average molecular weight is 315 g/mol. The van der Waals surface area contributed by atoms with Crippen LogP contribution in [0.15, 0.2) is 18.2 Å². The monoisotopic (exact) mass is 315 g/mol.